The largest absolute Gasteiger partial charge is 0.493 e. The first-order valence-electron chi connectivity index (χ1n) is 11.8. The van der Waals surface area contributed by atoms with Crippen LogP contribution in [-0.4, -0.2) is 55.1 Å². The molecule has 1 aromatic carbocycles. The van der Waals surface area contributed by atoms with Crippen molar-refractivity contribution in [1.82, 2.24) is 15.2 Å². The lowest BCUT2D eigenvalue weighted by molar-refractivity contribution is -0.156. The van der Waals surface area contributed by atoms with Crippen molar-refractivity contribution in [3.63, 3.8) is 0 Å². The van der Waals surface area contributed by atoms with E-state index in [2.05, 4.69) is 16.9 Å². The van der Waals surface area contributed by atoms with Gasteiger partial charge in [-0.25, -0.2) is 0 Å². The topological polar surface area (TPSA) is 66.3 Å². The van der Waals surface area contributed by atoms with E-state index >= 15 is 0 Å². The zero-order valence-electron chi connectivity index (χ0n) is 20.2. The Bertz CT molecular complexity index is 1070. The summed E-state index contributed by atoms with van der Waals surface area (Å²) in [6.45, 7) is 7.47. The fourth-order valence-electron chi connectivity index (χ4n) is 4.47. The highest BCUT2D eigenvalue weighted by Gasteiger charge is 2.43. The van der Waals surface area contributed by atoms with Gasteiger partial charge in [-0.2, -0.15) is 13.2 Å². The molecule has 3 rings (SSSR count). The van der Waals surface area contributed by atoms with E-state index < -0.39 is 24.9 Å². The van der Waals surface area contributed by atoms with Crippen LogP contribution in [0.25, 0.3) is 10.9 Å². The highest BCUT2D eigenvalue weighted by Crippen LogP contribution is 2.43. The van der Waals surface area contributed by atoms with Crippen LogP contribution in [0.15, 0.2) is 59.9 Å². The summed E-state index contributed by atoms with van der Waals surface area (Å²) in [4.78, 5) is 4.66. The number of nitrogens with two attached hydrogens (primary N) is 1. The van der Waals surface area contributed by atoms with Crippen molar-refractivity contribution in [3.05, 3.63) is 71.2 Å². The van der Waals surface area contributed by atoms with Gasteiger partial charge in [-0.3, -0.25) is 9.29 Å². The Kier molecular flexibility index (Phi) is 9.15. The van der Waals surface area contributed by atoms with Crippen LogP contribution in [0.4, 0.5) is 17.6 Å². The second kappa shape index (κ2) is 11.9. The van der Waals surface area contributed by atoms with Crippen molar-refractivity contribution in [3.8, 4) is 0 Å². The molecule has 0 spiro atoms. The minimum atomic E-state index is -4.42. The van der Waals surface area contributed by atoms with Gasteiger partial charge in [0.15, 0.2) is 0 Å². The van der Waals surface area contributed by atoms with E-state index in [0.717, 1.165) is 22.0 Å². The van der Waals surface area contributed by atoms with Gasteiger partial charge in [-0.1, -0.05) is 36.4 Å². The van der Waals surface area contributed by atoms with Crippen LogP contribution in [0, 0.1) is 0 Å². The van der Waals surface area contributed by atoms with Crippen LogP contribution >= 0.6 is 0 Å². The average molecular weight is 495 g/mol. The first-order valence-corrected chi connectivity index (χ1v) is 11.8. The molecule has 0 aliphatic carbocycles. The normalized spacial score (nSPS) is 19.7. The summed E-state index contributed by atoms with van der Waals surface area (Å²) in [5.74, 6) is 0.331. The van der Waals surface area contributed by atoms with Crippen molar-refractivity contribution < 1.29 is 22.3 Å². The first kappa shape index (κ1) is 27.0. The molecule has 9 heteroatoms. The molecule has 0 saturated heterocycles. The second-order valence-electron chi connectivity index (χ2n) is 8.70. The maximum Gasteiger partial charge on any atom is 0.401 e. The summed E-state index contributed by atoms with van der Waals surface area (Å²) in [5, 5.41) is 4.03. The zero-order valence-corrected chi connectivity index (χ0v) is 20.2. The average Bonchev–Trinajstić information content (AvgIpc) is 3.17. The molecule has 192 valence electrons. The monoisotopic (exact) mass is 494 g/mol. The number of hydrogen-bond acceptors (Lipinski definition) is 4. The van der Waals surface area contributed by atoms with Gasteiger partial charge >= 0.3 is 6.18 Å². The predicted molar refractivity (Wildman–Crippen MR) is 132 cm³/mol. The van der Waals surface area contributed by atoms with E-state index in [1.807, 2.05) is 44.2 Å². The van der Waals surface area contributed by atoms with E-state index in [1.165, 1.54) is 4.90 Å². The number of halogens is 4. The molecule has 1 aliphatic heterocycles. The number of rotatable bonds is 11. The number of nitrogens with zero attached hydrogens (tertiary/aromatic N) is 1. The number of aromatic nitrogens is 1. The number of hydrogen-bond donors (Lipinski definition) is 3. The Morgan fingerprint density at radius 3 is 2.74 bits per heavy atom. The van der Waals surface area contributed by atoms with Crippen molar-refractivity contribution >= 4 is 10.9 Å². The molecular formula is C26H34F4N4O. The van der Waals surface area contributed by atoms with Gasteiger partial charge in [0.05, 0.1) is 25.4 Å². The van der Waals surface area contributed by atoms with Crippen molar-refractivity contribution in [2.24, 2.45) is 5.73 Å². The Morgan fingerprint density at radius 2 is 2.06 bits per heavy atom. The molecule has 0 bridgehead atoms. The molecule has 4 N–H and O–H groups in total. The molecule has 0 amide bonds. The SMILES string of the molecule is C=C(/C=C(\C(C)=C/C)[C@@H]1c2[nH]c3ccccc3c2C[C@@H](N)N1CC(F)(F)F)OCCNCCCF. The highest BCUT2D eigenvalue weighted by molar-refractivity contribution is 5.85. The lowest BCUT2D eigenvalue weighted by Crippen LogP contribution is -2.52. The van der Waals surface area contributed by atoms with Gasteiger partial charge in [0.1, 0.15) is 12.4 Å². The lowest BCUT2D eigenvalue weighted by atomic mass is 9.87. The summed E-state index contributed by atoms with van der Waals surface area (Å²) in [5.41, 5.74) is 10.3. The number of fused-ring (bicyclic) bond motifs is 3. The number of aromatic amines is 1. The minimum absolute atomic E-state index is 0.302. The molecule has 0 unspecified atom stereocenters. The third kappa shape index (κ3) is 6.74. The number of H-pyrrole nitrogens is 1. The smallest absolute Gasteiger partial charge is 0.401 e. The molecular weight excluding hydrogens is 460 g/mol. The number of benzene rings is 1. The summed E-state index contributed by atoms with van der Waals surface area (Å²) < 4.78 is 58.9. The number of alkyl halides is 4. The molecule has 0 saturated carbocycles. The van der Waals surface area contributed by atoms with Crippen LogP contribution in [0.1, 0.15) is 37.6 Å². The van der Waals surface area contributed by atoms with Crippen LogP contribution < -0.4 is 11.1 Å². The van der Waals surface area contributed by atoms with Crippen LogP contribution in [0.2, 0.25) is 0 Å². The summed E-state index contributed by atoms with van der Waals surface area (Å²) in [6.07, 6.45) is -0.974. The molecule has 5 nitrogen and oxygen atoms in total. The Labute approximate surface area is 203 Å². The summed E-state index contributed by atoms with van der Waals surface area (Å²) in [7, 11) is 0. The molecule has 2 heterocycles. The zero-order chi connectivity index (χ0) is 25.6. The van der Waals surface area contributed by atoms with E-state index in [9.17, 15) is 17.6 Å². The van der Waals surface area contributed by atoms with Crippen molar-refractivity contribution in [1.29, 1.82) is 0 Å². The van der Waals surface area contributed by atoms with Gasteiger partial charge in [-0.05, 0) is 50.1 Å². The fraction of sp³-hybridized carbons (Fsp3) is 0.462. The minimum Gasteiger partial charge on any atom is -0.493 e. The molecule has 2 atom stereocenters. The van der Waals surface area contributed by atoms with E-state index in [0.29, 0.717) is 49.6 Å². The van der Waals surface area contributed by atoms with Crippen molar-refractivity contribution in [2.75, 3.05) is 32.9 Å². The Morgan fingerprint density at radius 1 is 1.31 bits per heavy atom. The second-order valence-corrected chi connectivity index (χ2v) is 8.70. The number of nitrogens with one attached hydrogen (secondary N) is 2. The van der Waals surface area contributed by atoms with Crippen LogP contribution in [0.3, 0.4) is 0 Å². The number of allylic oxidation sites excluding steroid dienone is 2. The summed E-state index contributed by atoms with van der Waals surface area (Å²) in [6, 6.07) is 6.90. The number of ether oxygens (including phenoxy) is 1. The maximum absolute atomic E-state index is 13.7. The van der Waals surface area contributed by atoms with E-state index in [1.54, 1.807) is 6.08 Å². The molecule has 0 radical (unpaired) electrons. The quantitative estimate of drug-likeness (QED) is 0.172. The van der Waals surface area contributed by atoms with Gasteiger partial charge in [0, 0.05) is 29.6 Å². The highest BCUT2D eigenvalue weighted by atomic mass is 19.4. The molecule has 1 aromatic heterocycles. The third-order valence-electron chi connectivity index (χ3n) is 6.21. The maximum atomic E-state index is 13.7. The predicted octanol–water partition coefficient (Wildman–Crippen LogP) is 5.29. The Hall–Kier alpha value is -2.62. The van der Waals surface area contributed by atoms with Gasteiger partial charge < -0.3 is 20.8 Å². The third-order valence-corrected chi connectivity index (χ3v) is 6.21. The van der Waals surface area contributed by atoms with E-state index in [4.69, 9.17) is 10.5 Å². The van der Waals surface area contributed by atoms with Crippen LogP contribution in [-0.2, 0) is 11.2 Å². The molecule has 1 aliphatic rings. The van der Waals surface area contributed by atoms with E-state index in [-0.39, 0.29) is 6.67 Å². The fourth-order valence-corrected chi connectivity index (χ4v) is 4.47. The lowest BCUT2D eigenvalue weighted by Gasteiger charge is -2.42. The van der Waals surface area contributed by atoms with Gasteiger partial charge in [0.25, 0.3) is 0 Å². The Balaban J connectivity index is 1.99. The standard InChI is InChI=1S/C26H34F4N4O/c1-4-17(2)20(14-18(3)35-13-12-32-11-7-10-27)25-24-21(19-8-5-6-9-22(19)33-24)15-23(31)34(25)16-26(28,29)30/h4-6,8-9,14,23,25,32-33H,3,7,10-13,15-16,31H2,1-2H3/b17-4-,20-14+/t23-,25+/m0/s1. The van der Waals surface area contributed by atoms with Gasteiger partial charge in [-0.15, -0.1) is 0 Å². The molecule has 0 fully saturated rings. The number of para-hydroxylation sites is 1. The van der Waals surface area contributed by atoms with Crippen LogP contribution in [0.5, 0.6) is 0 Å². The molecule has 2 aromatic rings. The molecule has 35 heavy (non-hydrogen) atoms. The van der Waals surface area contributed by atoms with Crippen molar-refractivity contribution in [2.45, 2.75) is 45.1 Å². The summed E-state index contributed by atoms with van der Waals surface area (Å²) >= 11 is 0. The van der Waals surface area contributed by atoms with Gasteiger partial charge in [0.2, 0.25) is 0 Å². The first-order chi connectivity index (χ1) is 16.7.